The van der Waals surface area contributed by atoms with E-state index >= 15 is 0 Å². The van der Waals surface area contributed by atoms with Crippen LogP contribution < -0.4 is 10.5 Å². The van der Waals surface area contributed by atoms with E-state index in [0.717, 1.165) is 16.3 Å². The highest BCUT2D eigenvalue weighted by Gasteiger charge is 2.42. The Labute approximate surface area is 275 Å². The maximum Gasteiger partial charge on any atom is 0.243 e. The Balaban J connectivity index is 1.17. The molecule has 1 amide bonds. The number of benzene rings is 2. The van der Waals surface area contributed by atoms with Gasteiger partial charge >= 0.3 is 0 Å². The van der Waals surface area contributed by atoms with Crippen LogP contribution in [0.25, 0.3) is 11.3 Å². The van der Waals surface area contributed by atoms with Crippen LogP contribution in [-0.4, -0.2) is 84.8 Å². The molecule has 1 unspecified atom stereocenters. The lowest BCUT2D eigenvalue weighted by atomic mass is 9.90. The van der Waals surface area contributed by atoms with Gasteiger partial charge in [-0.15, -0.1) is 11.3 Å². The molecule has 1 saturated carbocycles. The Bertz CT molecular complexity index is 1540. The van der Waals surface area contributed by atoms with E-state index in [4.69, 9.17) is 27.1 Å². The quantitative estimate of drug-likeness (QED) is 0.331. The van der Waals surface area contributed by atoms with Crippen molar-refractivity contribution in [2.75, 3.05) is 39.3 Å². The number of aromatic nitrogens is 1. The number of hydrogen-bond acceptors (Lipinski definition) is 8. The van der Waals surface area contributed by atoms with Crippen molar-refractivity contribution in [1.82, 2.24) is 19.1 Å². The van der Waals surface area contributed by atoms with Gasteiger partial charge in [-0.2, -0.15) is 4.31 Å². The fourth-order valence-corrected chi connectivity index (χ4v) is 9.06. The zero-order chi connectivity index (χ0) is 31.4. The summed E-state index contributed by atoms with van der Waals surface area (Å²) in [7, 11) is -3.93. The summed E-state index contributed by atoms with van der Waals surface area (Å²) in [5, 5.41) is 3.60. The topological polar surface area (TPSA) is 109 Å². The first-order chi connectivity index (χ1) is 21.8. The zero-order valence-corrected chi connectivity index (χ0v) is 27.9. The molecule has 1 aromatic heterocycles. The van der Waals surface area contributed by atoms with Crippen LogP contribution in [0.1, 0.15) is 50.0 Å². The average molecular weight is 672 g/mol. The number of rotatable bonds is 9. The van der Waals surface area contributed by atoms with E-state index in [1.807, 2.05) is 29.6 Å². The van der Waals surface area contributed by atoms with Crippen LogP contribution in [0, 0.1) is 5.92 Å². The van der Waals surface area contributed by atoms with E-state index in [1.54, 1.807) is 40.5 Å². The maximum atomic E-state index is 14.1. The summed E-state index contributed by atoms with van der Waals surface area (Å²) >= 11 is 7.61. The predicted molar refractivity (Wildman–Crippen MR) is 178 cm³/mol. The minimum Gasteiger partial charge on any atom is -0.493 e. The number of halogens is 1. The summed E-state index contributed by atoms with van der Waals surface area (Å²) in [5.41, 5.74) is 7.97. The zero-order valence-electron chi connectivity index (χ0n) is 25.5. The van der Waals surface area contributed by atoms with Gasteiger partial charge in [0.15, 0.2) is 0 Å². The second kappa shape index (κ2) is 14.5. The van der Waals surface area contributed by atoms with Crippen molar-refractivity contribution in [3.63, 3.8) is 0 Å². The molecule has 2 aromatic carbocycles. The van der Waals surface area contributed by atoms with Gasteiger partial charge < -0.3 is 15.4 Å². The number of amides is 1. The van der Waals surface area contributed by atoms with E-state index in [2.05, 4.69) is 4.90 Å². The Morgan fingerprint density at radius 1 is 0.956 bits per heavy atom. The first-order valence-corrected chi connectivity index (χ1v) is 18.7. The second-order valence-electron chi connectivity index (χ2n) is 12.4. The smallest absolute Gasteiger partial charge is 0.243 e. The molecule has 9 nitrogen and oxygen atoms in total. The first-order valence-electron chi connectivity index (χ1n) is 16.0. The standard InChI is InChI=1S/C33H42ClN5O4S2/c34-26-8-6-25(7-9-26)30-23-44-32(36-30)21-37-18-19-39(31(20-37)33(40)38-16-14-27(35)15-17-38)45(41,42)29-12-10-28(11-13-29)43-22-24-4-2-1-3-5-24/h6-13,23-24,27,31H,1-5,14-22,35H2. The van der Waals surface area contributed by atoms with Crippen LogP contribution in [0.15, 0.2) is 58.8 Å². The van der Waals surface area contributed by atoms with Crippen LogP contribution in [0.4, 0.5) is 0 Å². The number of piperidine rings is 1. The van der Waals surface area contributed by atoms with E-state index in [9.17, 15) is 13.2 Å². The van der Waals surface area contributed by atoms with Crippen LogP contribution in [0.3, 0.4) is 0 Å². The Hall–Kier alpha value is -2.54. The lowest BCUT2D eigenvalue weighted by Crippen LogP contribution is -2.61. The number of hydrogen-bond donors (Lipinski definition) is 1. The van der Waals surface area contributed by atoms with Gasteiger partial charge in [-0.3, -0.25) is 9.69 Å². The van der Waals surface area contributed by atoms with Crippen molar-refractivity contribution < 1.29 is 17.9 Å². The molecule has 12 heteroatoms. The number of piperazine rings is 1. The highest BCUT2D eigenvalue weighted by Crippen LogP contribution is 2.29. The molecule has 242 valence electrons. The van der Waals surface area contributed by atoms with Crippen molar-refractivity contribution >= 4 is 38.9 Å². The summed E-state index contributed by atoms with van der Waals surface area (Å²) in [6, 6.07) is 13.5. The molecular weight excluding hydrogens is 630 g/mol. The number of thiazole rings is 1. The third-order valence-electron chi connectivity index (χ3n) is 9.24. The third-order valence-corrected chi connectivity index (χ3v) is 12.3. The summed E-state index contributed by atoms with van der Waals surface area (Å²) < 4.78 is 35.5. The number of nitrogens with zero attached hydrogens (tertiary/aromatic N) is 4. The second-order valence-corrected chi connectivity index (χ2v) is 15.7. The molecule has 0 spiro atoms. The summed E-state index contributed by atoms with van der Waals surface area (Å²) in [5.74, 6) is 1.06. The lowest BCUT2D eigenvalue weighted by Gasteiger charge is -2.42. The third kappa shape index (κ3) is 7.89. The highest BCUT2D eigenvalue weighted by atomic mass is 35.5. The summed E-state index contributed by atoms with van der Waals surface area (Å²) in [6.07, 6.45) is 7.58. The van der Waals surface area contributed by atoms with Gasteiger partial charge in [0, 0.05) is 54.7 Å². The maximum absolute atomic E-state index is 14.1. The molecule has 6 rings (SSSR count). The van der Waals surface area contributed by atoms with Gasteiger partial charge in [0.05, 0.1) is 23.7 Å². The first kappa shape index (κ1) is 32.4. The van der Waals surface area contributed by atoms with E-state index in [1.165, 1.54) is 36.4 Å². The molecule has 3 fully saturated rings. The molecule has 3 heterocycles. The molecule has 0 bridgehead atoms. The van der Waals surface area contributed by atoms with Crippen LogP contribution in [0.5, 0.6) is 5.75 Å². The molecule has 2 saturated heterocycles. The van der Waals surface area contributed by atoms with Crippen molar-refractivity contribution in [3.8, 4) is 17.0 Å². The summed E-state index contributed by atoms with van der Waals surface area (Å²) in [4.78, 5) is 22.9. The summed E-state index contributed by atoms with van der Waals surface area (Å²) in [6.45, 7) is 3.26. The van der Waals surface area contributed by atoms with Crippen molar-refractivity contribution in [2.45, 2.75) is 68.5 Å². The normalized spacial score (nSPS) is 21.2. The van der Waals surface area contributed by atoms with Gasteiger partial charge in [0.1, 0.15) is 16.8 Å². The molecule has 3 aliphatic rings. The number of carbonyl (C=O) groups excluding carboxylic acids is 1. The molecular formula is C33H42ClN5O4S2. The molecule has 2 aliphatic heterocycles. The Kier molecular flexibility index (Phi) is 10.4. The lowest BCUT2D eigenvalue weighted by molar-refractivity contribution is -0.138. The number of sulfonamides is 1. The monoisotopic (exact) mass is 671 g/mol. The van der Waals surface area contributed by atoms with Gasteiger partial charge in [-0.25, -0.2) is 13.4 Å². The fourth-order valence-electron chi connectivity index (χ4n) is 6.53. The molecule has 45 heavy (non-hydrogen) atoms. The molecule has 1 atom stereocenters. The van der Waals surface area contributed by atoms with Crippen LogP contribution >= 0.6 is 22.9 Å². The fraction of sp³-hybridized carbons (Fsp3) is 0.515. The molecule has 0 radical (unpaired) electrons. The minimum atomic E-state index is -3.93. The van der Waals surface area contributed by atoms with Gasteiger partial charge in [-0.05, 0) is 68.0 Å². The Morgan fingerprint density at radius 3 is 2.38 bits per heavy atom. The Morgan fingerprint density at radius 2 is 1.67 bits per heavy atom. The molecule has 1 aliphatic carbocycles. The van der Waals surface area contributed by atoms with Crippen molar-refractivity contribution in [2.24, 2.45) is 11.7 Å². The number of nitrogens with two attached hydrogens (primary N) is 1. The van der Waals surface area contributed by atoms with E-state index < -0.39 is 16.1 Å². The predicted octanol–water partition coefficient (Wildman–Crippen LogP) is 5.25. The molecule has 3 aromatic rings. The van der Waals surface area contributed by atoms with Crippen LogP contribution in [-0.2, 0) is 21.4 Å². The average Bonchev–Trinajstić information content (AvgIpc) is 3.53. The largest absolute Gasteiger partial charge is 0.493 e. The van der Waals surface area contributed by atoms with Gasteiger partial charge in [-0.1, -0.05) is 43.0 Å². The SMILES string of the molecule is NC1CCN(C(=O)C2CN(Cc3nc(-c4ccc(Cl)cc4)cs3)CCN2S(=O)(=O)c2ccc(OCC3CCCCC3)cc2)CC1. The van der Waals surface area contributed by atoms with Crippen LogP contribution in [0.2, 0.25) is 5.02 Å². The van der Waals surface area contributed by atoms with Gasteiger partial charge in [0.25, 0.3) is 0 Å². The van der Waals surface area contributed by atoms with E-state index in [-0.39, 0.29) is 23.4 Å². The minimum absolute atomic E-state index is 0.0651. The van der Waals surface area contributed by atoms with E-state index in [0.29, 0.717) is 68.9 Å². The van der Waals surface area contributed by atoms with Gasteiger partial charge in [0.2, 0.25) is 15.9 Å². The van der Waals surface area contributed by atoms with Crippen molar-refractivity contribution in [1.29, 1.82) is 0 Å². The van der Waals surface area contributed by atoms with Crippen molar-refractivity contribution in [3.05, 3.63) is 63.9 Å². The number of carbonyl (C=O) groups is 1. The number of likely N-dealkylation sites (tertiary alicyclic amines) is 1. The highest BCUT2D eigenvalue weighted by molar-refractivity contribution is 7.89. The molecule has 2 N–H and O–H groups in total. The number of ether oxygens (including phenoxy) is 1.